The summed E-state index contributed by atoms with van der Waals surface area (Å²) in [5.74, 6) is 0. The molecule has 0 heterocycles. The number of nitro groups is 1. The SMILES string of the molecule is CCCCNCc1ccc(Cl)c([N+](=O)[O-])c1. The van der Waals surface area contributed by atoms with Gasteiger partial charge in [-0.1, -0.05) is 31.0 Å². The Labute approximate surface area is 99.8 Å². The standard InChI is InChI=1S/C11H15ClN2O2/c1-2-3-6-13-8-9-4-5-10(12)11(7-9)14(15)16/h4-5,7,13H,2-3,6,8H2,1H3. The van der Waals surface area contributed by atoms with Crippen molar-refractivity contribution in [3.8, 4) is 0 Å². The fourth-order valence-corrected chi connectivity index (χ4v) is 1.53. The minimum absolute atomic E-state index is 0.0311. The molecule has 0 aromatic heterocycles. The van der Waals surface area contributed by atoms with Gasteiger partial charge in [-0.15, -0.1) is 0 Å². The van der Waals surface area contributed by atoms with Gasteiger partial charge in [-0.3, -0.25) is 10.1 Å². The van der Waals surface area contributed by atoms with E-state index in [1.54, 1.807) is 12.1 Å². The van der Waals surface area contributed by atoms with E-state index in [0.717, 1.165) is 24.9 Å². The van der Waals surface area contributed by atoms with Gasteiger partial charge in [0.2, 0.25) is 0 Å². The van der Waals surface area contributed by atoms with E-state index >= 15 is 0 Å². The molecule has 5 heteroatoms. The summed E-state index contributed by atoms with van der Waals surface area (Å²) in [4.78, 5) is 10.2. The number of nitrogens with zero attached hydrogens (tertiary/aromatic N) is 1. The Bertz CT molecular complexity index is 369. The molecule has 1 aromatic carbocycles. The van der Waals surface area contributed by atoms with Gasteiger partial charge in [0.15, 0.2) is 0 Å². The Kier molecular flexibility index (Phi) is 5.22. The second-order valence-electron chi connectivity index (χ2n) is 3.57. The Balaban J connectivity index is 2.61. The topological polar surface area (TPSA) is 55.2 Å². The Morgan fingerprint density at radius 2 is 2.25 bits per heavy atom. The lowest BCUT2D eigenvalue weighted by Gasteiger charge is -2.04. The number of nitrogens with one attached hydrogen (secondary N) is 1. The zero-order chi connectivity index (χ0) is 12.0. The molecule has 16 heavy (non-hydrogen) atoms. The zero-order valence-electron chi connectivity index (χ0n) is 9.20. The lowest BCUT2D eigenvalue weighted by Crippen LogP contribution is -2.14. The highest BCUT2D eigenvalue weighted by atomic mass is 35.5. The zero-order valence-corrected chi connectivity index (χ0v) is 9.96. The van der Waals surface area contributed by atoms with Crippen molar-refractivity contribution in [3.63, 3.8) is 0 Å². The molecule has 4 nitrogen and oxygen atoms in total. The van der Waals surface area contributed by atoms with E-state index in [9.17, 15) is 10.1 Å². The molecule has 88 valence electrons. The number of halogens is 1. The average Bonchev–Trinajstić information content (AvgIpc) is 2.26. The van der Waals surface area contributed by atoms with Crippen molar-refractivity contribution >= 4 is 17.3 Å². The summed E-state index contributed by atoms with van der Waals surface area (Å²) >= 11 is 5.71. The summed E-state index contributed by atoms with van der Waals surface area (Å²) in [7, 11) is 0. The van der Waals surface area contributed by atoms with Crippen LogP contribution in [0.5, 0.6) is 0 Å². The molecule has 0 spiro atoms. The Morgan fingerprint density at radius 3 is 2.88 bits per heavy atom. The van der Waals surface area contributed by atoms with Crippen LogP contribution in [0.3, 0.4) is 0 Å². The monoisotopic (exact) mass is 242 g/mol. The van der Waals surface area contributed by atoms with Gasteiger partial charge in [0, 0.05) is 12.6 Å². The third-order valence-electron chi connectivity index (χ3n) is 2.24. The third-order valence-corrected chi connectivity index (χ3v) is 2.56. The van der Waals surface area contributed by atoms with Crippen molar-refractivity contribution < 1.29 is 4.92 Å². The first-order chi connectivity index (χ1) is 7.65. The number of benzene rings is 1. The van der Waals surface area contributed by atoms with Gasteiger partial charge in [0.1, 0.15) is 5.02 Å². The van der Waals surface area contributed by atoms with Crippen molar-refractivity contribution in [3.05, 3.63) is 38.9 Å². The highest BCUT2D eigenvalue weighted by Crippen LogP contribution is 2.24. The quantitative estimate of drug-likeness (QED) is 0.474. The maximum atomic E-state index is 10.7. The van der Waals surface area contributed by atoms with E-state index in [0.29, 0.717) is 6.54 Å². The van der Waals surface area contributed by atoms with Crippen LogP contribution < -0.4 is 5.32 Å². The van der Waals surface area contributed by atoms with Gasteiger partial charge >= 0.3 is 0 Å². The normalized spacial score (nSPS) is 10.4. The summed E-state index contributed by atoms with van der Waals surface area (Å²) < 4.78 is 0. The van der Waals surface area contributed by atoms with E-state index in [1.165, 1.54) is 6.07 Å². The number of nitro benzene ring substituents is 1. The molecule has 0 aliphatic carbocycles. The predicted octanol–water partition coefficient (Wildman–Crippen LogP) is 3.14. The molecule has 0 aliphatic heterocycles. The molecule has 1 aromatic rings. The fraction of sp³-hybridized carbons (Fsp3) is 0.455. The summed E-state index contributed by atoms with van der Waals surface area (Å²) in [5, 5.41) is 14.1. The van der Waals surface area contributed by atoms with Crippen LogP contribution in [0.2, 0.25) is 5.02 Å². The summed E-state index contributed by atoms with van der Waals surface area (Å²) in [6.45, 7) is 3.68. The number of hydrogen-bond acceptors (Lipinski definition) is 3. The second kappa shape index (κ2) is 6.45. The van der Waals surface area contributed by atoms with E-state index in [1.807, 2.05) is 0 Å². The van der Waals surface area contributed by atoms with Crippen LogP contribution in [0.1, 0.15) is 25.3 Å². The third kappa shape index (κ3) is 3.79. The number of hydrogen-bond donors (Lipinski definition) is 1. The molecule has 0 amide bonds. The van der Waals surface area contributed by atoms with Gasteiger partial charge in [-0.2, -0.15) is 0 Å². The first-order valence-corrected chi connectivity index (χ1v) is 5.66. The minimum Gasteiger partial charge on any atom is -0.313 e. The molecule has 0 bridgehead atoms. The molecule has 0 saturated heterocycles. The van der Waals surface area contributed by atoms with E-state index in [-0.39, 0.29) is 10.7 Å². The van der Waals surface area contributed by atoms with Crippen LogP contribution in [0, 0.1) is 10.1 Å². The molecular formula is C11H15ClN2O2. The van der Waals surface area contributed by atoms with Crippen LogP contribution in [0.4, 0.5) is 5.69 Å². The van der Waals surface area contributed by atoms with Crippen LogP contribution in [0.15, 0.2) is 18.2 Å². The molecule has 0 aliphatic rings. The highest BCUT2D eigenvalue weighted by molar-refractivity contribution is 6.32. The first-order valence-electron chi connectivity index (χ1n) is 5.28. The average molecular weight is 243 g/mol. The van der Waals surface area contributed by atoms with Crippen molar-refractivity contribution in [2.24, 2.45) is 0 Å². The highest BCUT2D eigenvalue weighted by Gasteiger charge is 2.12. The molecule has 0 radical (unpaired) electrons. The van der Waals surface area contributed by atoms with Crippen molar-refractivity contribution in [2.45, 2.75) is 26.3 Å². The largest absolute Gasteiger partial charge is 0.313 e. The Hall–Kier alpha value is -1.13. The van der Waals surface area contributed by atoms with Gasteiger partial charge in [0.05, 0.1) is 4.92 Å². The molecule has 1 rings (SSSR count). The maximum absolute atomic E-state index is 10.7. The lowest BCUT2D eigenvalue weighted by atomic mass is 10.2. The van der Waals surface area contributed by atoms with Crippen molar-refractivity contribution in [2.75, 3.05) is 6.54 Å². The minimum atomic E-state index is -0.460. The molecule has 1 N–H and O–H groups in total. The molecule has 0 unspecified atom stereocenters. The van der Waals surface area contributed by atoms with Gasteiger partial charge in [-0.05, 0) is 24.6 Å². The van der Waals surface area contributed by atoms with Crippen molar-refractivity contribution in [1.29, 1.82) is 0 Å². The molecular weight excluding hydrogens is 228 g/mol. The lowest BCUT2D eigenvalue weighted by molar-refractivity contribution is -0.384. The van der Waals surface area contributed by atoms with E-state index in [4.69, 9.17) is 11.6 Å². The van der Waals surface area contributed by atoms with Crippen LogP contribution in [-0.2, 0) is 6.54 Å². The molecule has 0 saturated carbocycles. The van der Waals surface area contributed by atoms with E-state index in [2.05, 4.69) is 12.2 Å². The van der Waals surface area contributed by atoms with E-state index < -0.39 is 4.92 Å². The smallest absolute Gasteiger partial charge is 0.288 e. The summed E-state index contributed by atoms with van der Waals surface area (Å²) in [5.41, 5.74) is 0.851. The number of unbranched alkanes of at least 4 members (excludes halogenated alkanes) is 1. The maximum Gasteiger partial charge on any atom is 0.288 e. The van der Waals surface area contributed by atoms with Crippen LogP contribution >= 0.6 is 11.6 Å². The summed E-state index contributed by atoms with van der Waals surface area (Å²) in [6.07, 6.45) is 2.24. The molecule has 0 atom stereocenters. The number of rotatable bonds is 6. The first kappa shape index (κ1) is 12.9. The van der Waals surface area contributed by atoms with Crippen LogP contribution in [0.25, 0.3) is 0 Å². The predicted molar refractivity (Wildman–Crippen MR) is 64.7 cm³/mol. The van der Waals surface area contributed by atoms with Gasteiger partial charge in [-0.25, -0.2) is 0 Å². The molecule has 0 fully saturated rings. The van der Waals surface area contributed by atoms with Gasteiger partial charge < -0.3 is 5.32 Å². The van der Waals surface area contributed by atoms with Crippen molar-refractivity contribution in [1.82, 2.24) is 5.32 Å². The Morgan fingerprint density at radius 1 is 1.50 bits per heavy atom. The van der Waals surface area contributed by atoms with Crippen LogP contribution in [-0.4, -0.2) is 11.5 Å². The van der Waals surface area contributed by atoms with Gasteiger partial charge in [0.25, 0.3) is 5.69 Å². The summed E-state index contributed by atoms with van der Waals surface area (Å²) in [6, 6.07) is 4.88. The second-order valence-corrected chi connectivity index (χ2v) is 3.98. The fourth-order valence-electron chi connectivity index (χ4n) is 1.34.